The zero-order chi connectivity index (χ0) is 22.9. The minimum atomic E-state index is -0.249. The Bertz CT molecular complexity index is 1100. The predicted octanol–water partition coefficient (Wildman–Crippen LogP) is 3.24. The van der Waals surface area contributed by atoms with Gasteiger partial charge in [0.1, 0.15) is 6.04 Å². The molecule has 1 unspecified atom stereocenters. The van der Waals surface area contributed by atoms with Crippen LogP contribution < -0.4 is 0 Å². The Kier molecular flexibility index (Phi) is 6.11. The average Bonchev–Trinajstić information content (AvgIpc) is 3.62. The quantitative estimate of drug-likeness (QED) is 0.634. The number of aryl methyl sites for hydroxylation is 2. The molecule has 0 saturated carbocycles. The van der Waals surface area contributed by atoms with E-state index >= 15 is 0 Å². The van der Waals surface area contributed by atoms with Gasteiger partial charge >= 0.3 is 5.97 Å². The number of aromatic nitrogens is 1. The minimum absolute atomic E-state index is 0.167. The summed E-state index contributed by atoms with van der Waals surface area (Å²) >= 11 is 0. The van der Waals surface area contributed by atoms with Gasteiger partial charge in [0.25, 0.3) is 0 Å². The molecular formula is C26H32N4O3. The maximum absolute atomic E-state index is 13.6. The number of likely N-dealkylation sites (tertiary alicyclic amines) is 2. The van der Waals surface area contributed by atoms with E-state index < -0.39 is 0 Å². The Morgan fingerprint density at radius 3 is 2.79 bits per heavy atom. The standard InChI is InChI=1S/C26H32N4O3/c1-2-28-21(16-19-8-7-18(17-27)15-24(19)28)10-9-20-5-3-12-29(20)25(31)22-6-4-13-30(22)23-11-14-33-26(23)32/h7-8,15-16,20,22-23H,2-6,9-14H2,1H3/t20?,22-,23+/m0/s1. The number of nitriles is 1. The van der Waals surface area contributed by atoms with Crippen molar-refractivity contribution in [1.82, 2.24) is 14.4 Å². The first kappa shape index (κ1) is 22.0. The highest BCUT2D eigenvalue weighted by Crippen LogP contribution is 2.31. The molecule has 7 nitrogen and oxygen atoms in total. The van der Waals surface area contributed by atoms with Gasteiger partial charge in [-0.05, 0) is 75.6 Å². The molecule has 5 rings (SSSR count). The summed E-state index contributed by atoms with van der Waals surface area (Å²) in [6.07, 6.45) is 6.40. The summed E-state index contributed by atoms with van der Waals surface area (Å²) in [5, 5.41) is 10.4. The van der Waals surface area contributed by atoms with Crippen molar-refractivity contribution in [2.24, 2.45) is 0 Å². The Balaban J connectivity index is 1.29. The molecule has 0 bridgehead atoms. The molecule has 2 aromatic rings. The van der Waals surface area contributed by atoms with Crippen LogP contribution in [-0.2, 0) is 27.3 Å². The summed E-state index contributed by atoms with van der Waals surface area (Å²) in [7, 11) is 0. The molecule has 0 spiro atoms. The van der Waals surface area contributed by atoms with Crippen molar-refractivity contribution >= 4 is 22.8 Å². The Labute approximate surface area is 194 Å². The average molecular weight is 449 g/mol. The molecule has 3 aliphatic heterocycles. The molecule has 3 atom stereocenters. The van der Waals surface area contributed by atoms with Crippen LogP contribution in [0.4, 0.5) is 0 Å². The normalized spacial score (nSPS) is 25.6. The number of fused-ring (bicyclic) bond motifs is 1. The second-order valence-electron chi connectivity index (χ2n) is 9.50. The van der Waals surface area contributed by atoms with E-state index in [1.54, 1.807) is 0 Å². The van der Waals surface area contributed by atoms with Gasteiger partial charge in [0.2, 0.25) is 5.91 Å². The minimum Gasteiger partial charge on any atom is -0.464 e. The number of cyclic esters (lactones) is 1. The van der Waals surface area contributed by atoms with Crippen LogP contribution in [0.25, 0.3) is 10.9 Å². The first-order valence-corrected chi connectivity index (χ1v) is 12.4. The van der Waals surface area contributed by atoms with E-state index in [4.69, 9.17) is 4.74 Å². The largest absolute Gasteiger partial charge is 0.464 e. The van der Waals surface area contributed by atoms with E-state index in [0.717, 1.165) is 69.1 Å². The van der Waals surface area contributed by atoms with Crippen LogP contribution in [0.5, 0.6) is 0 Å². The smallest absolute Gasteiger partial charge is 0.323 e. The van der Waals surface area contributed by atoms with Crippen LogP contribution in [0, 0.1) is 11.3 Å². The zero-order valence-electron chi connectivity index (χ0n) is 19.3. The van der Waals surface area contributed by atoms with Gasteiger partial charge in [-0.15, -0.1) is 0 Å². The van der Waals surface area contributed by atoms with E-state index in [9.17, 15) is 14.9 Å². The highest BCUT2D eigenvalue weighted by Gasteiger charge is 2.44. The number of rotatable bonds is 6. The van der Waals surface area contributed by atoms with Crippen molar-refractivity contribution < 1.29 is 14.3 Å². The third-order valence-corrected chi connectivity index (χ3v) is 7.72. The van der Waals surface area contributed by atoms with Crippen LogP contribution in [-0.4, -0.2) is 64.1 Å². The molecule has 1 aromatic heterocycles. The molecule has 174 valence electrons. The van der Waals surface area contributed by atoms with Crippen LogP contribution in [0.3, 0.4) is 0 Å². The molecule has 3 aliphatic rings. The van der Waals surface area contributed by atoms with Crippen LogP contribution in [0.2, 0.25) is 0 Å². The number of carbonyl (C=O) groups excluding carboxylic acids is 2. The molecule has 1 aromatic carbocycles. The lowest BCUT2D eigenvalue weighted by Crippen LogP contribution is -2.51. The number of hydrogen-bond donors (Lipinski definition) is 0. The van der Waals surface area contributed by atoms with Crippen molar-refractivity contribution in [3.05, 3.63) is 35.5 Å². The van der Waals surface area contributed by atoms with E-state index in [-0.39, 0.29) is 30.0 Å². The SMILES string of the molecule is CCn1c(CCC2CCCN2C(=O)[C@@H]2CCCN2[C@@H]2CCOC2=O)cc2ccc(C#N)cc21. The van der Waals surface area contributed by atoms with Crippen molar-refractivity contribution in [2.75, 3.05) is 19.7 Å². The Hall–Kier alpha value is -2.85. The molecule has 0 N–H and O–H groups in total. The number of carbonyl (C=O) groups is 2. The van der Waals surface area contributed by atoms with Crippen LogP contribution in [0.1, 0.15) is 56.7 Å². The highest BCUT2D eigenvalue weighted by atomic mass is 16.5. The van der Waals surface area contributed by atoms with Crippen LogP contribution >= 0.6 is 0 Å². The van der Waals surface area contributed by atoms with E-state index in [1.807, 2.05) is 18.2 Å². The van der Waals surface area contributed by atoms with Gasteiger partial charge in [-0.3, -0.25) is 14.5 Å². The van der Waals surface area contributed by atoms with E-state index in [2.05, 4.69) is 33.4 Å². The lowest BCUT2D eigenvalue weighted by atomic mass is 10.1. The molecular weight excluding hydrogens is 416 g/mol. The molecule has 0 radical (unpaired) electrons. The Morgan fingerprint density at radius 2 is 2.03 bits per heavy atom. The predicted molar refractivity (Wildman–Crippen MR) is 124 cm³/mol. The molecule has 4 heterocycles. The first-order valence-electron chi connectivity index (χ1n) is 12.4. The fraction of sp³-hybridized carbons (Fsp3) is 0.577. The van der Waals surface area contributed by atoms with Crippen molar-refractivity contribution in [3.63, 3.8) is 0 Å². The van der Waals surface area contributed by atoms with Crippen molar-refractivity contribution in [1.29, 1.82) is 5.26 Å². The number of hydrogen-bond acceptors (Lipinski definition) is 5. The second-order valence-corrected chi connectivity index (χ2v) is 9.50. The summed E-state index contributed by atoms with van der Waals surface area (Å²) in [6.45, 7) is 5.07. The van der Waals surface area contributed by atoms with Gasteiger partial charge in [0.05, 0.1) is 24.3 Å². The second kappa shape index (κ2) is 9.18. The molecule has 33 heavy (non-hydrogen) atoms. The molecule has 0 aliphatic carbocycles. The van der Waals surface area contributed by atoms with Crippen molar-refractivity contribution in [3.8, 4) is 6.07 Å². The maximum Gasteiger partial charge on any atom is 0.323 e. The molecule has 3 fully saturated rings. The summed E-state index contributed by atoms with van der Waals surface area (Å²) < 4.78 is 7.47. The van der Waals surface area contributed by atoms with Gasteiger partial charge < -0.3 is 14.2 Å². The first-order chi connectivity index (χ1) is 16.1. The monoisotopic (exact) mass is 448 g/mol. The Morgan fingerprint density at radius 1 is 1.18 bits per heavy atom. The third kappa shape index (κ3) is 4.02. The van der Waals surface area contributed by atoms with Gasteiger partial charge in [0, 0.05) is 36.8 Å². The lowest BCUT2D eigenvalue weighted by Gasteiger charge is -2.33. The zero-order valence-corrected chi connectivity index (χ0v) is 19.3. The van der Waals surface area contributed by atoms with Gasteiger partial charge in [0.15, 0.2) is 0 Å². The van der Waals surface area contributed by atoms with E-state index in [0.29, 0.717) is 18.6 Å². The summed E-state index contributed by atoms with van der Waals surface area (Å²) in [5.74, 6) is 0.0315. The number of esters is 1. The van der Waals surface area contributed by atoms with Crippen LogP contribution in [0.15, 0.2) is 24.3 Å². The summed E-state index contributed by atoms with van der Waals surface area (Å²) in [6, 6.07) is 10.1. The lowest BCUT2D eigenvalue weighted by molar-refractivity contribution is -0.145. The number of ether oxygens (including phenoxy) is 1. The third-order valence-electron chi connectivity index (χ3n) is 7.72. The van der Waals surface area contributed by atoms with E-state index in [1.165, 1.54) is 5.69 Å². The number of nitrogens with zero attached hydrogens (tertiary/aromatic N) is 4. The maximum atomic E-state index is 13.6. The van der Waals surface area contributed by atoms with Gasteiger partial charge in [-0.25, -0.2) is 0 Å². The fourth-order valence-corrected chi connectivity index (χ4v) is 6.11. The molecule has 3 saturated heterocycles. The van der Waals surface area contributed by atoms with Gasteiger partial charge in [-0.2, -0.15) is 5.26 Å². The topological polar surface area (TPSA) is 78.6 Å². The summed E-state index contributed by atoms with van der Waals surface area (Å²) in [5.41, 5.74) is 3.05. The highest BCUT2D eigenvalue weighted by molar-refractivity contribution is 5.85. The fourth-order valence-electron chi connectivity index (χ4n) is 6.11. The van der Waals surface area contributed by atoms with Gasteiger partial charge in [-0.1, -0.05) is 6.07 Å². The number of amides is 1. The van der Waals surface area contributed by atoms with Crippen molar-refractivity contribution in [2.45, 2.75) is 76.5 Å². The summed E-state index contributed by atoms with van der Waals surface area (Å²) in [4.78, 5) is 29.9. The molecule has 1 amide bonds. The molecule has 7 heteroatoms. The number of benzene rings is 1.